The van der Waals surface area contributed by atoms with Crippen molar-refractivity contribution in [3.63, 3.8) is 0 Å². The summed E-state index contributed by atoms with van der Waals surface area (Å²) in [5, 5.41) is 0. The Hall–Kier alpha value is -1.04. The van der Waals surface area contributed by atoms with E-state index < -0.39 is 0 Å². The summed E-state index contributed by atoms with van der Waals surface area (Å²) in [5.41, 5.74) is 0. The van der Waals surface area contributed by atoms with Gasteiger partial charge in [0.05, 0.1) is 0 Å². The first kappa shape index (κ1) is 7.07. The molecule has 0 aliphatic heterocycles. The Morgan fingerprint density at radius 1 is 0.900 bits per heavy atom. The van der Waals surface area contributed by atoms with Gasteiger partial charge in [-0.25, -0.2) is 0 Å². The summed E-state index contributed by atoms with van der Waals surface area (Å²) >= 11 is 0. The average Bonchev–Trinajstić information content (AvgIpc) is 2.01. The van der Waals surface area contributed by atoms with Gasteiger partial charge in [-0.2, -0.15) is 0 Å². The van der Waals surface area contributed by atoms with Crippen LogP contribution in [0.3, 0.4) is 0 Å². The lowest BCUT2D eigenvalue weighted by atomic mass is 10.2. The third-order valence-electron chi connectivity index (χ3n) is 1.24. The highest BCUT2D eigenvalue weighted by Crippen LogP contribution is 1.93. The van der Waals surface area contributed by atoms with Gasteiger partial charge in [0.15, 0.2) is 0 Å². The summed E-state index contributed by atoms with van der Waals surface area (Å²) in [6, 6.07) is 0. The molecule has 10 heavy (non-hydrogen) atoms. The van der Waals surface area contributed by atoms with Gasteiger partial charge >= 0.3 is 0 Å². The Morgan fingerprint density at radius 3 is 2.60 bits per heavy atom. The van der Waals surface area contributed by atoms with E-state index >= 15 is 0 Å². The maximum atomic E-state index is 3.16. The van der Waals surface area contributed by atoms with Gasteiger partial charge in [0, 0.05) is 0 Å². The molecule has 51 valence electrons. The molecule has 0 saturated carbocycles. The first-order chi connectivity index (χ1) is 5.00. The minimum absolute atomic E-state index is 0.929. The Bertz CT molecular complexity index is 160. The molecule has 0 atom stereocenters. The molecule has 0 unspecified atom stereocenters. The SMILES string of the molecule is [C]1=C\C\C=C/C=C\C=C\C/1. The predicted octanol–water partition coefficient (Wildman–Crippen LogP) is 2.81. The van der Waals surface area contributed by atoms with Crippen LogP contribution in [0.5, 0.6) is 0 Å². The lowest BCUT2D eigenvalue weighted by Gasteiger charge is -1.83. The van der Waals surface area contributed by atoms with Gasteiger partial charge in [0.2, 0.25) is 0 Å². The largest absolute Gasteiger partial charge is 0.0807 e. The number of allylic oxidation sites excluding steroid dienone is 8. The Labute approximate surface area is 62.3 Å². The van der Waals surface area contributed by atoms with Gasteiger partial charge in [-0.1, -0.05) is 42.5 Å². The van der Waals surface area contributed by atoms with E-state index in [1.807, 2.05) is 24.3 Å². The molecule has 0 heterocycles. The molecule has 0 bridgehead atoms. The Morgan fingerprint density at radius 2 is 1.70 bits per heavy atom. The van der Waals surface area contributed by atoms with Crippen LogP contribution in [0.2, 0.25) is 0 Å². The second kappa shape index (κ2) is 4.80. The van der Waals surface area contributed by atoms with E-state index in [-0.39, 0.29) is 0 Å². The van der Waals surface area contributed by atoms with Crippen LogP contribution in [0.15, 0.2) is 42.5 Å². The van der Waals surface area contributed by atoms with Gasteiger partial charge in [0.25, 0.3) is 0 Å². The van der Waals surface area contributed by atoms with Gasteiger partial charge in [-0.05, 0) is 18.9 Å². The van der Waals surface area contributed by atoms with Crippen LogP contribution in [0.4, 0.5) is 0 Å². The molecule has 0 fully saturated rings. The van der Waals surface area contributed by atoms with E-state index in [0.717, 1.165) is 12.8 Å². The number of hydrogen-bond acceptors (Lipinski definition) is 0. The predicted molar refractivity (Wildman–Crippen MR) is 44.5 cm³/mol. The highest BCUT2D eigenvalue weighted by Gasteiger charge is 1.73. The Kier molecular flexibility index (Phi) is 3.40. The van der Waals surface area contributed by atoms with Gasteiger partial charge in [-0.3, -0.25) is 0 Å². The molecule has 1 aliphatic rings. The minimum Gasteiger partial charge on any atom is -0.0807 e. The van der Waals surface area contributed by atoms with Crippen molar-refractivity contribution < 1.29 is 0 Å². The zero-order valence-corrected chi connectivity index (χ0v) is 5.96. The summed E-state index contributed by atoms with van der Waals surface area (Å²) in [5.74, 6) is 0. The number of rotatable bonds is 0. The smallest absolute Gasteiger partial charge is 0.00946 e. The standard InChI is InChI=1S/C10H11/c1-2-4-6-8-10-9-7-5-3-1/h1-6,9H,7-8H2/b2-1-,5-3-,6-4+,10-9?. The molecule has 1 radical (unpaired) electrons. The fourth-order valence-corrected chi connectivity index (χ4v) is 0.735. The number of hydrogen-bond donors (Lipinski definition) is 0. The van der Waals surface area contributed by atoms with Gasteiger partial charge in [-0.15, -0.1) is 0 Å². The van der Waals surface area contributed by atoms with Crippen molar-refractivity contribution in [3.05, 3.63) is 48.6 Å². The van der Waals surface area contributed by atoms with Crippen molar-refractivity contribution in [2.45, 2.75) is 12.8 Å². The molecular weight excluding hydrogens is 120 g/mol. The van der Waals surface area contributed by atoms with Crippen molar-refractivity contribution >= 4 is 0 Å². The summed E-state index contributed by atoms with van der Waals surface area (Å²) < 4.78 is 0. The first-order valence-electron chi connectivity index (χ1n) is 3.53. The van der Waals surface area contributed by atoms with Crippen LogP contribution < -0.4 is 0 Å². The van der Waals surface area contributed by atoms with Crippen LogP contribution in [-0.4, -0.2) is 0 Å². The van der Waals surface area contributed by atoms with E-state index in [1.54, 1.807) is 0 Å². The third-order valence-corrected chi connectivity index (χ3v) is 1.24. The molecule has 0 aromatic heterocycles. The van der Waals surface area contributed by atoms with Crippen LogP contribution in [-0.2, 0) is 0 Å². The van der Waals surface area contributed by atoms with Crippen molar-refractivity contribution in [1.29, 1.82) is 0 Å². The van der Waals surface area contributed by atoms with Crippen molar-refractivity contribution in [2.24, 2.45) is 0 Å². The molecule has 0 N–H and O–H groups in total. The van der Waals surface area contributed by atoms with Crippen LogP contribution in [0.1, 0.15) is 12.8 Å². The molecule has 0 nitrogen and oxygen atoms in total. The normalized spacial score (nSPS) is 30.4. The molecule has 1 rings (SSSR count). The fourth-order valence-electron chi connectivity index (χ4n) is 0.735. The summed E-state index contributed by atoms with van der Waals surface area (Å²) in [6.45, 7) is 0. The molecule has 0 heteroatoms. The van der Waals surface area contributed by atoms with Crippen molar-refractivity contribution in [2.75, 3.05) is 0 Å². The van der Waals surface area contributed by atoms with Crippen molar-refractivity contribution in [3.8, 4) is 0 Å². The molecule has 0 spiro atoms. The second-order valence-electron chi connectivity index (χ2n) is 2.09. The zero-order chi connectivity index (χ0) is 7.07. The van der Waals surface area contributed by atoms with Crippen LogP contribution in [0, 0.1) is 6.08 Å². The fraction of sp³-hybridized carbons (Fsp3) is 0.200. The molecule has 0 aromatic rings. The average molecular weight is 131 g/mol. The lowest BCUT2D eigenvalue weighted by Crippen LogP contribution is -1.63. The zero-order valence-electron chi connectivity index (χ0n) is 5.96. The maximum Gasteiger partial charge on any atom is -0.00946 e. The second-order valence-corrected chi connectivity index (χ2v) is 2.09. The Balaban J connectivity index is 2.51. The molecule has 0 aromatic carbocycles. The van der Waals surface area contributed by atoms with E-state index in [2.05, 4.69) is 24.3 Å². The molecule has 0 amide bonds. The lowest BCUT2D eigenvalue weighted by molar-refractivity contribution is 1.27. The summed E-state index contributed by atoms with van der Waals surface area (Å²) in [6.07, 6.45) is 19.5. The van der Waals surface area contributed by atoms with Crippen LogP contribution >= 0.6 is 0 Å². The minimum atomic E-state index is 0.929. The van der Waals surface area contributed by atoms with Crippen LogP contribution in [0.25, 0.3) is 0 Å². The van der Waals surface area contributed by atoms with Gasteiger partial charge < -0.3 is 0 Å². The third kappa shape index (κ3) is 3.08. The molecule has 1 aliphatic carbocycles. The highest BCUT2D eigenvalue weighted by atomic mass is 13.8. The highest BCUT2D eigenvalue weighted by molar-refractivity contribution is 5.13. The van der Waals surface area contributed by atoms with E-state index in [4.69, 9.17) is 0 Å². The quantitative estimate of drug-likeness (QED) is 0.474. The van der Waals surface area contributed by atoms with Crippen molar-refractivity contribution in [1.82, 2.24) is 0 Å². The monoisotopic (exact) mass is 131 g/mol. The molecular formula is C10H11. The maximum absolute atomic E-state index is 3.16. The van der Waals surface area contributed by atoms with Gasteiger partial charge in [0.1, 0.15) is 0 Å². The molecule has 0 saturated heterocycles. The summed E-state index contributed by atoms with van der Waals surface area (Å²) in [4.78, 5) is 0. The first-order valence-corrected chi connectivity index (χ1v) is 3.53. The van der Waals surface area contributed by atoms with E-state index in [9.17, 15) is 0 Å². The topological polar surface area (TPSA) is 0 Å². The van der Waals surface area contributed by atoms with E-state index in [1.165, 1.54) is 0 Å². The summed E-state index contributed by atoms with van der Waals surface area (Å²) in [7, 11) is 0. The van der Waals surface area contributed by atoms with E-state index in [0.29, 0.717) is 0 Å².